The van der Waals surface area contributed by atoms with Crippen molar-refractivity contribution in [2.45, 2.75) is 19.4 Å². The van der Waals surface area contributed by atoms with Gasteiger partial charge >= 0.3 is 0 Å². The Morgan fingerprint density at radius 2 is 2.37 bits per heavy atom. The van der Waals surface area contributed by atoms with Crippen molar-refractivity contribution in [2.24, 2.45) is 0 Å². The molecule has 1 heterocycles. The quantitative estimate of drug-likeness (QED) is 0.472. The molecule has 19 heavy (non-hydrogen) atoms. The minimum Gasteiger partial charge on any atom is -0.375 e. The minimum absolute atomic E-state index is 0.0637. The maximum atomic E-state index is 11.1. The summed E-state index contributed by atoms with van der Waals surface area (Å²) in [5.74, 6) is 0. The lowest BCUT2D eigenvalue weighted by molar-refractivity contribution is -0.384. The van der Waals surface area contributed by atoms with Gasteiger partial charge in [0.15, 0.2) is 6.29 Å². The number of carbonyl (C=O) groups is 1. The summed E-state index contributed by atoms with van der Waals surface area (Å²) in [4.78, 5) is 23.4. The molecule has 6 heteroatoms. The number of morpholine rings is 1. The molecule has 1 atom stereocenters. The smallest absolute Gasteiger partial charge is 0.270 e. The predicted molar refractivity (Wildman–Crippen MR) is 70.7 cm³/mol. The van der Waals surface area contributed by atoms with E-state index < -0.39 is 4.92 Å². The van der Waals surface area contributed by atoms with Crippen LogP contribution in [0.2, 0.25) is 0 Å². The van der Waals surface area contributed by atoms with Crippen molar-refractivity contribution in [1.82, 2.24) is 0 Å². The standard InChI is InChI=1S/C13H16N2O4/c1-2-12-8-14(5-6-19-12)13-4-3-11(15(17)18)7-10(13)9-16/h3-4,7,9,12H,2,5-6,8H2,1H3. The molecule has 0 amide bonds. The van der Waals surface area contributed by atoms with Crippen molar-refractivity contribution < 1.29 is 14.5 Å². The van der Waals surface area contributed by atoms with Gasteiger partial charge in [-0.25, -0.2) is 0 Å². The molecule has 0 spiro atoms. The first-order valence-corrected chi connectivity index (χ1v) is 6.26. The maximum Gasteiger partial charge on any atom is 0.270 e. The van der Waals surface area contributed by atoms with Gasteiger partial charge in [-0.3, -0.25) is 14.9 Å². The van der Waals surface area contributed by atoms with Crippen LogP contribution in [0.15, 0.2) is 18.2 Å². The average Bonchev–Trinajstić information content (AvgIpc) is 2.46. The highest BCUT2D eigenvalue weighted by Gasteiger charge is 2.22. The molecular formula is C13H16N2O4. The van der Waals surface area contributed by atoms with Crippen molar-refractivity contribution in [3.63, 3.8) is 0 Å². The van der Waals surface area contributed by atoms with Crippen LogP contribution in [0, 0.1) is 10.1 Å². The number of nitrogens with zero attached hydrogens (tertiary/aromatic N) is 2. The second-order valence-electron chi connectivity index (χ2n) is 4.47. The highest BCUT2D eigenvalue weighted by molar-refractivity contribution is 5.86. The minimum atomic E-state index is -0.495. The summed E-state index contributed by atoms with van der Waals surface area (Å²) >= 11 is 0. The van der Waals surface area contributed by atoms with E-state index in [-0.39, 0.29) is 11.8 Å². The van der Waals surface area contributed by atoms with Crippen LogP contribution in [0.3, 0.4) is 0 Å². The van der Waals surface area contributed by atoms with E-state index in [0.717, 1.165) is 12.1 Å². The van der Waals surface area contributed by atoms with Crippen molar-refractivity contribution in [1.29, 1.82) is 0 Å². The van der Waals surface area contributed by atoms with Gasteiger partial charge in [0, 0.05) is 36.5 Å². The fraction of sp³-hybridized carbons (Fsp3) is 0.462. The third kappa shape index (κ3) is 2.90. The molecule has 6 nitrogen and oxygen atoms in total. The van der Waals surface area contributed by atoms with Gasteiger partial charge in [-0.15, -0.1) is 0 Å². The first-order valence-electron chi connectivity index (χ1n) is 6.26. The van der Waals surface area contributed by atoms with Crippen LogP contribution in [0.25, 0.3) is 0 Å². The molecule has 0 radical (unpaired) electrons. The zero-order chi connectivity index (χ0) is 13.8. The number of carbonyl (C=O) groups excluding carboxylic acids is 1. The van der Waals surface area contributed by atoms with Crippen LogP contribution in [0.4, 0.5) is 11.4 Å². The predicted octanol–water partition coefficient (Wildman–Crippen LogP) is 2.02. The zero-order valence-electron chi connectivity index (χ0n) is 10.7. The van der Waals surface area contributed by atoms with Crippen molar-refractivity contribution >= 4 is 17.7 Å². The molecule has 102 valence electrons. The van der Waals surface area contributed by atoms with Gasteiger partial charge in [-0.05, 0) is 12.5 Å². The van der Waals surface area contributed by atoms with Crippen molar-refractivity contribution in [3.05, 3.63) is 33.9 Å². The molecule has 1 aliphatic heterocycles. The largest absolute Gasteiger partial charge is 0.375 e. The van der Waals surface area contributed by atoms with E-state index in [2.05, 4.69) is 0 Å². The number of non-ortho nitro benzene ring substituents is 1. The van der Waals surface area contributed by atoms with Gasteiger partial charge in [0.05, 0.1) is 17.6 Å². The van der Waals surface area contributed by atoms with Crippen LogP contribution < -0.4 is 4.90 Å². The third-order valence-corrected chi connectivity index (χ3v) is 3.28. The van der Waals surface area contributed by atoms with E-state index in [1.54, 1.807) is 6.07 Å². The Morgan fingerprint density at radius 3 is 3.00 bits per heavy atom. The number of nitro benzene ring substituents is 1. The first-order chi connectivity index (χ1) is 9.15. The van der Waals surface area contributed by atoms with Gasteiger partial charge in [0.1, 0.15) is 0 Å². The summed E-state index contributed by atoms with van der Waals surface area (Å²) in [5.41, 5.74) is 1.03. The van der Waals surface area contributed by atoms with Crippen LogP contribution in [0.1, 0.15) is 23.7 Å². The van der Waals surface area contributed by atoms with Gasteiger partial charge in [0.2, 0.25) is 0 Å². The molecule has 0 aromatic heterocycles. The molecule has 1 aromatic rings. The fourth-order valence-corrected chi connectivity index (χ4v) is 2.22. The van der Waals surface area contributed by atoms with Gasteiger partial charge in [0.25, 0.3) is 5.69 Å². The maximum absolute atomic E-state index is 11.1. The van der Waals surface area contributed by atoms with Crippen LogP contribution in [-0.2, 0) is 4.74 Å². The number of ether oxygens (including phenoxy) is 1. The molecule has 0 bridgehead atoms. The number of hydrogen-bond acceptors (Lipinski definition) is 5. The zero-order valence-corrected chi connectivity index (χ0v) is 10.7. The second kappa shape index (κ2) is 5.79. The number of hydrogen-bond donors (Lipinski definition) is 0. The highest BCUT2D eigenvalue weighted by atomic mass is 16.6. The summed E-state index contributed by atoms with van der Waals surface area (Å²) in [5, 5.41) is 10.7. The third-order valence-electron chi connectivity index (χ3n) is 3.28. The monoisotopic (exact) mass is 264 g/mol. The summed E-state index contributed by atoms with van der Waals surface area (Å²) in [6, 6.07) is 4.39. The van der Waals surface area contributed by atoms with Crippen molar-refractivity contribution in [2.75, 3.05) is 24.6 Å². The topological polar surface area (TPSA) is 72.7 Å². The Balaban J connectivity index is 2.28. The molecule has 1 aliphatic rings. The second-order valence-corrected chi connectivity index (χ2v) is 4.47. The van der Waals surface area contributed by atoms with Crippen LogP contribution >= 0.6 is 0 Å². The summed E-state index contributed by atoms with van der Waals surface area (Å²) in [6.07, 6.45) is 1.71. The number of aldehydes is 1. The van der Waals surface area contributed by atoms with Gasteiger partial charge in [-0.2, -0.15) is 0 Å². The average molecular weight is 264 g/mol. The lowest BCUT2D eigenvalue weighted by Crippen LogP contribution is -2.42. The Bertz CT molecular complexity index is 490. The molecule has 1 saturated heterocycles. The highest BCUT2D eigenvalue weighted by Crippen LogP contribution is 2.26. The molecule has 1 unspecified atom stereocenters. The van der Waals surface area contributed by atoms with E-state index in [1.807, 2.05) is 11.8 Å². The Labute approximate surface area is 111 Å². The molecule has 2 rings (SSSR count). The number of rotatable bonds is 4. The number of benzene rings is 1. The van der Waals surface area contributed by atoms with Gasteiger partial charge in [-0.1, -0.05) is 6.92 Å². The fourth-order valence-electron chi connectivity index (χ4n) is 2.22. The lowest BCUT2D eigenvalue weighted by Gasteiger charge is -2.34. The Hall–Kier alpha value is -1.95. The molecule has 0 aliphatic carbocycles. The first kappa shape index (κ1) is 13.5. The normalized spacial score (nSPS) is 19.2. The molecule has 1 aromatic carbocycles. The van der Waals surface area contributed by atoms with E-state index in [4.69, 9.17) is 4.74 Å². The van der Waals surface area contributed by atoms with Crippen LogP contribution in [-0.4, -0.2) is 37.0 Å². The van der Waals surface area contributed by atoms with E-state index in [9.17, 15) is 14.9 Å². The van der Waals surface area contributed by atoms with Crippen molar-refractivity contribution in [3.8, 4) is 0 Å². The summed E-state index contributed by atoms with van der Waals surface area (Å²) in [7, 11) is 0. The van der Waals surface area contributed by atoms with Crippen LogP contribution in [0.5, 0.6) is 0 Å². The summed E-state index contributed by atoms with van der Waals surface area (Å²) in [6.45, 7) is 4.04. The Kier molecular flexibility index (Phi) is 4.11. The van der Waals surface area contributed by atoms with Gasteiger partial charge < -0.3 is 9.64 Å². The molecule has 1 fully saturated rings. The SMILES string of the molecule is CCC1CN(c2ccc([N+](=O)[O-])cc2C=O)CCO1. The van der Waals surface area contributed by atoms with E-state index in [0.29, 0.717) is 31.5 Å². The van der Waals surface area contributed by atoms with E-state index >= 15 is 0 Å². The lowest BCUT2D eigenvalue weighted by atomic mass is 10.1. The number of anilines is 1. The summed E-state index contributed by atoms with van der Waals surface area (Å²) < 4.78 is 5.58. The number of nitro groups is 1. The molecule has 0 N–H and O–H groups in total. The Morgan fingerprint density at radius 1 is 1.58 bits per heavy atom. The molecule has 0 saturated carbocycles. The molecular weight excluding hydrogens is 248 g/mol. The van der Waals surface area contributed by atoms with E-state index in [1.165, 1.54) is 12.1 Å².